The fraction of sp³-hybridized carbons (Fsp3) is 0.211. The minimum absolute atomic E-state index is 0.0284. The molecule has 0 N–H and O–H groups in total. The molecule has 0 atom stereocenters. The zero-order valence-electron chi connectivity index (χ0n) is 14.8. The molecule has 0 unspecified atom stereocenters. The second-order valence-electron chi connectivity index (χ2n) is 6.05. The highest BCUT2D eigenvalue weighted by Crippen LogP contribution is 2.38. The van der Waals surface area contributed by atoms with Crippen LogP contribution >= 0.6 is 11.6 Å². The maximum atomic E-state index is 13.1. The topological polar surface area (TPSA) is 75.5 Å². The third-order valence-corrected chi connectivity index (χ3v) is 4.33. The Hall–Kier alpha value is -3.13. The molecule has 3 aromatic rings. The van der Waals surface area contributed by atoms with Crippen LogP contribution in [-0.4, -0.2) is 33.9 Å². The first-order valence-corrected chi connectivity index (χ1v) is 8.84. The van der Waals surface area contributed by atoms with Gasteiger partial charge in [-0.3, -0.25) is 0 Å². The first kappa shape index (κ1) is 18.2. The molecule has 1 aromatic heterocycles. The summed E-state index contributed by atoms with van der Waals surface area (Å²) in [6, 6.07) is 9.06. The lowest BCUT2D eigenvalue weighted by Crippen LogP contribution is -2.16. The highest BCUT2D eigenvalue weighted by molar-refractivity contribution is 6.32. The van der Waals surface area contributed by atoms with Crippen LogP contribution in [0.4, 0.5) is 4.39 Å². The van der Waals surface area contributed by atoms with Crippen molar-refractivity contribution in [3.05, 3.63) is 64.5 Å². The zero-order chi connectivity index (χ0) is 19.7. The number of aromatic nitrogens is 3. The van der Waals surface area contributed by atoms with Crippen LogP contribution in [0.5, 0.6) is 11.5 Å². The van der Waals surface area contributed by atoms with Crippen molar-refractivity contribution in [1.29, 1.82) is 0 Å². The van der Waals surface area contributed by atoms with Crippen molar-refractivity contribution >= 4 is 17.6 Å². The Bertz CT molecular complexity index is 1040. The van der Waals surface area contributed by atoms with Crippen LogP contribution in [0.2, 0.25) is 5.02 Å². The molecular formula is C19H15ClFN3O4. The summed E-state index contributed by atoms with van der Waals surface area (Å²) in [5, 5.41) is 4.53. The lowest BCUT2D eigenvalue weighted by molar-refractivity contribution is 0.0457. The number of halogens is 2. The number of hydrogen-bond acceptors (Lipinski definition) is 6. The molecule has 4 rings (SSSR count). The van der Waals surface area contributed by atoms with E-state index in [-0.39, 0.29) is 18.2 Å². The smallest absolute Gasteiger partial charge is 0.378 e. The van der Waals surface area contributed by atoms with Gasteiger partial charge in [-0.05, 0) is 48.9 Å². The Morgan fingerprint density at radius 2 is 2.00 bits per heavy atom. The van der Waals surface area contributed by atoms with Gasteiger partial charge in [-0.2, -0.15) is 0 Å². The van der Waals surface area contributed by atoms with Gasteiger partial charge in [-0.1, -0.05) is 11.6 Å². The summed E-state index contributed by atoms with van der Waals surface area (Å²) in [5.74, 6) is 0.332. The fourth-order valence-corrected chi connectivity index (χ4v) is 3.05. The Kier molecular flexibility index (Phi) is 4.87. The van der Waals surface area contributed by atoms with Gasteiger partial charge in [-0.15, -0.1) is 5.10 Å². The summed E-state index contributed by atoms with van der Waals surface area (Å²) in [7, 11) is 0. The van der Waals surface area contributed by atoms with E-state index in [0.29, 0.717) is 46.8 Å². The van der Waals surface area contributed by atoms with Crippen molar-refractivity contribution in [1.82, 2.24) is 14.8 Å². The average molecular weight is 404 g/mol. The highest BCUT2D eigenvalue weighted by atomic mass is 35.5. The summed E-state index contributed by atoms with van der Waals surface area (Å²) >= 11 is 6.18. The number of ether oxygens (including phenoxy) is 3. The van der Waals surface area contributed by atoms with E-state index in [4.69, 9.17) is 25.8 Å². The lowest BCUT2D eigenvalue weighted by Gasteiger charge is -2.20. The van der Waals surface area contributed by atoms with Crippen molar-refractivity contribution in [2.45, 2.75) is 13.5 Å². The Morgan fingerprint density at radius 1 is 1.25 bits per heavy atom. The van der Waals surface area contributed by atoms with Gasteiger partial charge in [0.2, 0.25) is 0 Å². The number of hydrogen-bond donors (Lipinski definition) is 0. The molecule has 0 bridgehead atoms. The number of esters is 1. The lowest BCUT2D eigenvalue weighted by atomic mass is 10.2. The van der Waals surface area contributed by atoms with Gasteiger partial charge >= 0.3 is 5.97 Å². The summed E-state index contributed by atoms with van der Waals surface area (Å²) in [4.78, 5) is 16.5. The van der Waals surface area contributed by atoms with Gasteiger partial charge in [0.25, 0.3) is 5.82 Å². The number of carbonyl (C=O) groups is 1. The number of nitrogens with zero attached hydrogens (tertiary/aromatic N) is 3. The SMILES string of the molecule is Cc1nc(C(=O)OCc2cc(Cl)c3c(c2)OCCO3)nn1-c1ccc(F)cc1. The second-order valence-corrected chi connectivity index (χ2v) is 6.46. The monoisotopic (exact) mass is 403 g/mol. The minimum atomic E-state index is -0.685. The number of rotatable bonds is 4. The molecule has 0 aliphatic carbocycles. The molecule has 0 spiro atoms. The number of aryl methyl sites for hydroxylation is 1. The number of benzene rings is 2. The van der Waals surface area contributed by atoms with Crippen LogP contribution in [0.15, 0.2) is 36.4 Å². The second kappa shape index (κ2) is 7.47. The van der Waals surface area contributed by atoms with Gasteiger partial charge in [-0.25, -0.2) is 18.9 Å². The molecule has 2 aromatic carbocycles. The molecule has 9 heteroatoms. The number of carbonyl (C=O) groups excluding carboxylic acids is 1. The van der Waals surface area contributed by atoms with Crippen molar-refractivity contribution in [3.8, 4) is 17.2 Å². The largest absolute Gasteiger partial charge is 0.486 e. The molecule has 2 heterocycles. The molecule has 0 radical (unpaired) electrons. The maximum absolute atomic E-state index is 13.1. The zero-order valence-corrected chi connectivity index (χ0v) is 15.6. The van der Waals surface area contributed by atoms with Crippen LogP contribution in [-0.2, 0) is 11.3 Å². The van der Waals surface area contributed by atoms with Crippen molar-refractivity contribution in [2.75, 3.05) is 13.2 Å². The normalized spacial score (nSPS) is 12.7. The van der Waals surface area contributed by atoms with E-state index in [9.17, 15) is 9.18 Å². The fourth-order valence-electron chi connectivity index (χ4n) is 2.76. The van der Waals surface area contributed by atoms with Crippen molar-refractivity contribution < 1.29 is 23.4 Å². The minimum Gasteiger partial charge on any atom is -0.486 e. The van der Waals surface area contributed by atoms with E-state index >= 15 is 0 Å². The van der Waals surface area contributed by atoms with Gasteiger partial charge in [0.15, 0.2) is 11.5 Å². The summed E-state index contributed by atoms with van der Waals surface area (Å²) < 4.78 is 30.8. The molecule has 1 aliphatic heterocycles. The molecule has 0 fully saturated rings. The summed E-state index contributed by atoms with van der Waals surface area (Å²) in [6.07, 6.45) is 0. The first-order chi connectivity index (χ1) is 13.5. The van der Waals surface area contributed by atoms with E-state index in [0.717, 1.165) is 0 Å². The summed E-state index contributed by atoms with van der Waals surface area (Å²) in [5.41, 5.74) is 1.24. The molecule has 0 saturated heterocycles. The van der Waals surface area contributed by atoms with Gasteiger partial charge in [0.1, 0.15) is 31.5 Å². The van der Waals surface area contributed by atoms with Crippen molar-refractivity contribution in [2.24, 2.45) is 0 Å². The number of fused-ring (bicyclic) bond motifs is 1. The van der Waals surface area contributed by atoms with E-state index in [1.54, 1.807) is 31.2 Å². The third kappa shape index (κ3) is 3.63. The van der Waals surface area contributed by atoms with E-state index in [1.165, 1.54) is 16.8 Å². The van der Waals surface area contributed by atoms with Crippen molar-refractivity contribution in [3.63, 3.8) is 0 Å². The van der Waals surface area contributed by atoms with Gasteiger partial charge < -0.3 is 14.2 Å². The molecular weight excluding hydrogens is 389 g/mol. The van der Waals surface area contributed by atoms with Gasteiger partial charge in [0.05, 0.1) is 10.7 Å². The van der Waals surface area contributed by atoms with Crippen LogP contribution in [0.25, 0.3) is 5.69 Å². The average Bonchev–Trinajstić information content (AvgIpc) is 3.08. The standard InChI is InChI=1S/C19H15ClFN3O4/c1-11-22-18(23-24(11)14-4-2-13(21)3-5-14)19(25)28-10-12-8-15(20)17-16(9-12)26-6-7-27-17/h2-5,8-9H,6-7,10H2,1H3. The predicted molar refractivity (Wildman–Crippen MR) is 97.6 cm³/mol. The van der Waals surface area contributed by atoms with Crippen LogP contribution < -0.4 is 9.47 Å². The molecule has 144 valence electrons. The van der Waals surface area contributed by atoms with Gasteiger partial charge in [0, 0.05) is 0 Å². The Morgan fingerprint density at radius 3 is 2.79 bits per heavy atom. The maximum Gasteiger partial charge on any atom is 0.378 e. The molecule has 28 heavy (non-hydrogen) atoms. The first-order valence-electron chi connectivity index (χ1n) is 8.46. The third-order valence-electron chi connectivity index (χ3n) is 4.05. The van der Waals surface area contributed by atoms with Crippen LogP contribution in [0.1, 0.15) is 22.0 Å². The predicted octanol–water partition coefficient (Wildman–Crippen LogP) is 3.50. The van der Waals surface area contributed by atoms with Crippen LogP contribution in [0.3, 0.4) is 0 Å². The Balaban J connectivity index is 1.48. The molecule has 7 nitrogen and oxygen atoms in total. The van der Waals surface area contributed by atoms with E-state index in [2.05, 4.69) is 10.1 Å². The summed E-state index contributed by atoms with van der Waals surface area (Å²) in [6.45, 7) is 2.52. The van der Waals surface area contributed by atoms with Crippen LogP contribution in [0, 0.1) is 12.7 Å². The quantitative estimate of drug-likeness (QED) is 0.621. The van der Waals surface area contributed by atoms with E-state index in [1.807, 2.05) is 0 Å². The Labute approximate surface area is 164 Å². The molecule has 0 saturated carbocycles. The molecule has 1 aliphatic rings. The highest BCUT2D eigenvalue weighted by Gasteiger charge is 2.19. The van der Waals surface area contributed by atoms with E-state index < -0.39 is 5.97 Å². The molecule has 0 amide bonds.